The van der Waals surface area contributed by atoms with Gasteiger partial charge in [-0.1, -0.05) is 26.8 Å². The summed E-state index contributed by atoms with van der Waals surface area (Å²) < 4.78 is 1.90. The van der Waals surface area contributed by atoms with Crippen molar-refractivity contribution in [3.05, 3.63) is 29.3 Å². The molecule has 15 heavy (non-hydrogen) atoms. The van der Waals surface area contributed by atoms with Crippen molar-refractivity contribution in [2.24, 2.45) is 7.05 Å². The van der Waals surface area contributed by atoms with Gasteiger partial charge in [-0.3, -0.25) is 4.68 Å². The van der Waals surface area contributed by atoms with Crippen LogP contribution >= 0.6 is 11.3 Å². The third kappa shape index (κ3) is 1.97. The average molecular weight is 220 g/mol. The molecule has 0 saturated carbocycles. The van der Waals surface area contributed by atoms with Gasteiger partial charge in [-0.2, -0.15) is 5.10 Å². The minimum atomic E-state index is 0.146. The van der Waals surface area contributed by atoms with Crippen molar-refractivity contribution in [1.82, 2.24) is 9.78 Å². The van der Waals surface area contributed by atoms with E-state index in [-0.39, 0.29) is 5.41 Å². The van der Waals surface area contributed by atoms with Crippen molar-refractivity contribution in [3.8, 4) is 10.6 Å². The number of nitrogens with zero attached hydrogens (tertiary/aromatic N) is 2. The second-order valence-electron chi connectivity index (χ2n) is 4.79. The minimum Gasteiger partial charge on any atom is -0.275 e. The van der Waals surface area contributed by atoms with Crippen molar-refractivity contribution >= 4 is 11.3 Å². The van der Waals surface area contributed by atoms with Crippen LogP contribution in [-0.2, 0) is 12.5 Å². The average Bonchev–Trinajstić information content (AvgIpc) is 2.68. The Kier molecular flexibility index (Phi) is 2.43. The highest BCUT2D eigenvalue weighted by atomic mass is 32.1. The molecule has 0 atom stereocenters. The summed E-state index contributed by atoms with van der Waals surface area (Å²) in [4.78, 5) is 1.25. The minimum absolute atomic E-state index is 0.146. The number of aryl methyl sites for hydroxylation is 1. The molecule has 0 aliphatic carbocycles. The van der Waals surface area contributed by atoms with E-state index in [0.717, 1.165) is 5.69 Å². The van der Waals surface area contributed by atoms with Crippen LogP contribution in [0.3, 0.4) is 0 Å². The zero-order valence-electron chi connectivity index (χ0n) is 9.61. The van der Waals surface area contributed by atoms with E-state index in [1.807, 2.05) is 11.7 Å². The molecular weight excluding hydrogens is 204 g/mol. The van der Waals surface area contributed by atoms with Gasteiger partial charge in [0.15, 0.2) is 0 Å². The summed E-state index contributed by atoms with van der Waals surface area (Å²) in [7, 11) is 1.98. The number of rotatable bonds is 1. The smallest absolute Gasteiger partial charge is 0.106 e. The Morgan fingerprint density at radius 2 is 2.07 bits per heavy atom. The van der Waals surface area contributed by atoms with Crippen molar-refractivity contribution in [2.75, 3.05) is 0 Å². The maximum Gasteiger partial charge on any atom is 0.106 e. The van der Waals surface area contributed by atoms with Gasteiger partial charge < -0.3 is 0 Å². The predicted octanol–water partition coefficient (Wildman–Crippen LogP) is 3.45. The molecule has 0 aromatic carbocycles. The molecule has 0 amide bonds. The van der Waals surface area contributed by atoms with Crippen LogP contribution in [0.4, 0.5) is 0 Å². The second-order valence-corrected chi connectivity index (χ2v) is 5.74. The molecule has 0 unspecified atom stereocenters. The lowest BCUT2D eigenvalue weighted by Gasteiger charge is -2.17. The summed E-state index contributed by atoms with van der Waals surface area (Å²) in [6, 6.07) is 4.20. The van der Waals surface area contributed by atoms with Gasteiger partial charge in [0.1, 0.15) is 5.69 Å². The first kappa shape index (κ1) is 10.4. The normalized spacial score (nSPS) is 12.0. The molecule has 0 N–H and O–H groups in total. The summed E-state index contributed by atoms with van der Waals surface area (Å²) in [6.45, 7) is 6.67. The maximum atomic E-state index is 4.55. The number of aromatic nitrogens is 2. The van der Waals surface area contributed by atoms with Gasteiger partial charge in [0, 0.05) is 18.8 Å². The van der Waals surface area contributed by atoms with Crippen LogP contribution in [0, 0.1) is 0 Å². The topological polar surface area (TPSA) is 17.8 Å². The van der Waals surface area contributed by atoms with E-state index in [2.05, 4.69) is 49.6 Å². The van der Waals surface area contributed by atoms with Crippen molar-refractivity contribution in [1.29, 1.82) is 0 Å². The van der Waals surface area contributed by atoms with Crippen LogP contribution in [0.5, 0.6) is 0 Å². The molecule has 2 aromatic heterocycles. The summed E-state index contributed by atoms with van der Waals surface area (Å²) >= 11 is 1.74. The van der Waals surface area contributed by atoms with E-state index >= 15 is 0 Å². The van der Waals surface area contributed by atoms with E-state index in [4.69, 9.17) is 0 Å². The quantitative estimate of drug-likeness (QED) is 0.719. The zero-order chi connectivity index (χ0) is 11.1. The molecule has 2 rings (SSSR count). The standard InChI is InChI=1S/C12H16N2S/c1-12(2,3)9-8-14(4)13-11(9)10-6-5-7-15-10/h5-8H,1-4H3. The van der Waals surface area contributed by atoms with Gasteiger partial charge in [-0.15, -0.1) is 11.3 Å². The SMILES string of the molecule is Cn1cc(C(C)(C)C)c(-c2cccs2)n1. The molecule has 0 fully saturated rings. The van der Waals surface area contributed by atoms with Gasteiger partial charge in [0.05, 0.1) is 4.88 Å². The Balaban J connectivity index is 2.57. The van der Waals surface area contributed by atoms with Gasteiger partial charge in [-0.25, -0.2) is 0 Å². The summed E-state index contributed by atoms with van der Waals surface area (Å²) in [5, 5.41) is 6.64. The van der Waals surface area contributed by atoms with E-state index in [1.165, 1.54) is 10.4 Å². The lowest BCUT2D eigenvalue weighted by atomic mass is 9.87. The lowest BCUT2D eigenvalue weighted by Crippen LogP contribution is -2.11. The molecule has 0 aliphatic rings. The Hall–Kier alpha value is -1.09. The fourth-order valence-electron chi connectivity index (χ4n) is 1.63. The van der Waals surface area contributed by atoms with Gasteiger partial charge in [0.25, 0.3) is 0 Å². The van der Waals surface area contributed by atoms with Crippen LogP contribution in [-0.4, -0.2) is 9.78 Å². The molecule has 0 bridgehead atoms. The molecule has 80 valence electrons. The summed E-state index contributed by atoms with van der Waals surface area (Å²) in [5.74, 6) is 0. The Bertz CT molecular complexity index is 446. The van der Waals surface area contributed by atoms with Crippen molar-refractivity contribution in [2.45, 2.75) is 26.2 Å². The number of hydrogen-bond acceptors (Lipinski definition) is 2. The molecule has 3 heteroatoms. The molecule has 0 saturated heterocycles. The van der Waals surface area contributed by atoms with Crippen molar-refractivity contribution in [3.63, 3.8) is 0 Å². The van der Waals surface area contributed by atoms with Crippen molar-refractivity contribution < 1.29 is 0 Å². The molecule has 2 nitrogen and oxygen atoms in total. The van der Waals surface area contributed by atoms with E-state index < -0.39 is 0 Å². The third-order valence-corrected chi connectivity index (χ3v) is 3.27. The maximum absolute atomic E-state index is 4.55. The Labute approximate surface area is 94.6 Å². The highest BCUT2D eigenvalue weighted by Crippen LogP contribution is 2.33. The second kappa shape index (κ2) is 3.49. The van der Waals surface area contributed by atoms with Gasteiger partial charge >= 0.3 is 0 Å². The largest absolute Gasteiger partial charge is 0.275 e. The lowest BCUT2D eigenvalue weighted by molar-refractivity contribution is 0.590. The zero-order valence-corrected chi connectivity index (χ0v) is 10.4. The van der Waals surface area contributed by atoms with E-state index in [9.17, 15) is 0 Å². The van der Waals surface area contributed by atoms with Crippen LogP contribution < -0.4 is 0 Å². The monoisotopic (exact) mass is 220 g/mol. The molecule has 2 heterocycles. The van der Waals surface area contributed by atoms with Crippen LogP contribution in [0.25, 0.3) is 10.6 Å². The molecule has 0 aliphatic heterocycles. The van der Waals surface area contributed by atoms with Crippen LogP contribution in [0.2, 0.25) is 0 Å². The molecule has 0 radical (unpaired) electrons. The first-order valence-electron chi connectivity index (χ1n) is 5.06. The highest BCUT2D eigenvalue weighted by Gasteiger charge is 2.22. The predicted molar refractivity (Wildman–Crippen MR) is 65.2 cm³/mol. The highest BCUT2D eigenvalue weighted by molar-refractivity contribution is 7.13. The fourth-order valence-corrected chi connectivity index (χ4v) is 2.36. The van der Waals surface area contributed by atoms with E-state index in [0.29, 0.717) is 0 Å². The third-order valence-electron chi connectivity index (χ3n) is 2.39. The molecular formula is C12H16N2S. The van der Waals surface area contributed by atoms with E-state index in [1.54, 1.807) is 11.3 Å². The Morgan fingerprint density at radius 3 is 2.60 bits per heavy atom. The van der Waals surface area contributed by atoms with Gasteiger partial charge in [-0.05, 0) is 16.9 Å². The summed E-state index contributed by atoms with van der Waals surface area (Å²) in [5.41, 5.74) is 2.58. The fraction of sp³-hybridized carbons (Fsp3) is 0.417. The van der Waals surface area contributed by atoms with Crippen LogP contribution in [0.1, 0.15) is 26.3 Å². The number of thiophene rings is 1. The molecule has 0 spiro atoms. The first-order valence-corrected chi connectivity index (χ1v) is 5.94. The first-order chi connectivity index (χ1) is 6.98. The Morgan fingerprint density at radius 1 is 1.33 bits per heavy atom. The van der Waals surface area contributed by atoms with Crippen LogP contribution in [0.15, 0.2) is 23.7 Å². The van der Waals surface area contributed by atoms with Gasteiger partial charge in [0.2, 0.25) is 0 Å². The molecule has 2 aromatic rings. The summed E-state index contributed by atoms with van der Waals surface area (Å²) in [6.07, 6.45) is 2.12. The number of hydrogen-bond donors (Lipinski definition) is 0.